The van der Waals surface area contributed by atoms with E-state index < -0.39 is 0 Å². The average molecular weight is 286 g/mol. The fourth-order valence-electron chi connectivity index (χ4n) is 2.26. The Hall–Kier alpha value is -0.410. The van der Waals surface area contributed by atoms with Crippen LogP contribution in [0.15, 0.2) is 22.7 Å². The van der Waals surface area contributed by atoms with Gasteiger partial charge in [-0.25, -0.2) is 4.39 Å². The zero-order valence-electron chi connectivity index (χ0n) is 9.63. The first-order valence-electron chi connectivity index (χ1n) is 5.81. The molecule has 1 aromatic rings. The van der Waals surface area contributed by atoms with Crippen molar-refractivity contribution in [3.05, 3.63) is 34.1 Å². The molecule has 2 rings (SSSR count). The van der Waals surface area contributed by atoms with Gasteiger partial charge in [0.15, 0.2) is 0 Å². The fourth-order valence-corrected chi connectivity index (χ4v) is 2.65. The molecule has 0 spiro atoms. The molecule has 1 nitrogen and oxygen atoms in total. The molecule has 0 aliphatic heterocycles. The van der Waals surface area contributed by atoms with Crippen molar-refractivity contribution in [1.82, 2.24) is 5.32 Å². The molecule has 0 amide bonds. The largest absolute Gasteiger partial charge is 0.310 e. The van der Waals surface area contributed by atoms with E-state index in [2.05, 4.69) is 35.1 Å². The van der Waals surface area contributed by atoms with Crippen molar-refractivity contribution in [2.45, 2.75) is 26.3 Å². The summed E-state index contributed by atoms with van der Waals surface area (Å²) in [4.78, 5) is 0. The maximum Gasteiger partial charge on any atom is 0.137 e. The van der Waals surface area contributed by atoms with E-state index in [1.807, 2.05) is 12.1 Å². The standard InChI is InChI=1S/C13H17BrFN/c1-3-16-13(10-6-8(10)2)9-4-5-12(15)11(14)7-9/h4-5,7-8,10,13,16H,3,6H2,1-2H3. The Morgan fingerprint density at radius 2 is 2.25 bits per heavy atom. The van der Waals surface area contributed by atoms with Crippen LogP contribution in [0, 0.1) is 17.7 Å². The highest BCUT2D eigenvalue weighted by Crippen LogP contribution is 2.47. The summed E-state index contributed by atoms with van der Waals surface area (Å²) in [7, 11) is 0. The lowest BCUT2D eigenvalue weighted by atomic mass is 10.0. The molecule has 0 radical (unpaired) electrons. The Labute approximate surface area is 105 Å². The van der Waals surface area contributed by atoms with Crippen LogP contribution >= 0.6 is 15.9 Å². The molecule has 0 bridgehead atoms. The van der Waals surface area contributed by atoms with Crippen LogP contribution in [0.1, 0.15) is 31.9 Å². The third-order valence-electron chi connectivity index (χ3n) is 3.33. The highest BCUT2D eigenvalue weighted by molar-refractivity contribution is 9.10. The van der Waals surface area contributed by atoms with Crippen LogP contribution in [0.25, 0.3) is 0 Å². The molecule has 0 heterocycles. The van der Waals surface area contributed by atoms with Gasteiger partial charge in [0.25, 0.3) is 0 Å². The van der Waals surface area contributed by atoms with Crippen LogP contribution < -0.4 is 5.32 Å². The van der Waals surface area contributed by atoms with E-state index in [4.69, 9.17) is 0 Å². The summed E-state index contributed by atoms with van der Waals surface area (Å²) >= 11 is 3.25. The molecule has 16 heavy (non-hydrogen) atoms. The van der Waals surface area contributed by atoms with E-state index in [-0.39, 0.29) is 5.82 Å². The number of rotatable bonds is 4. The summed E-state index contributed by atoms with van der Waals surface area (Å²) in [6, 6.07) is 5.69. The Balaban J connectivity index is 2.21. The van der Waals surface area contributed by atoms with Gasteiger partial charge in [-0.1, -0.05) is 19.9 Å². The first-order chi connectivity index (χ1) is 7.63. The molecule has 3 atom stereocenters. The third-order valence-corrected chi connectivity index (χ3v) is 3.93. The van der Waals surface area contributed by atoms with Crippen LogP contribution in [0.5, 0.6) is 0 Å². The van der Waals surface area contributed by atoms with E-state index in [0.29, 0.717) is 16.4 Å². The molecule has 0 aromatic heterocycles. The molecule has 1 saturated carbocycles. The van der Waals surface area contributed by atoms with Crippen LogP contribution in [-0.4, -0.2) is 6.54 Å². The lowest BCUT2D eigenvalue weighted by molar-refractivity contribution is 0.474. The van der Waals surface area contributed by atoms with E-state index in [1.54, 1.807) is 0 Å². The summed E-state index contributed by atoms with van der Waals surface area (Å²) < 4.78 is 13.7. The van der Waals surface area contributed by atoms with Crippen molar-refractivity contribution in [3.8, 4) is 0 Å². The molecule has 1 fully saturated rings. The molecule has 88 valence electrons. The van der Waals surface area contributed by atoms with Gasteiger partial charge in [0.1, 0.15) is 5.82 Å². The second-order valence-corrected chi connectivity index (χ2v) is 5.44. The first-order valence-corrected chi connectivity index (χ1v) is 6.61. The quantitative estimate of drug-likeness (QED) is 0.885. The Kier molecular flexibility index (Phi) is 3.65. The van der Waals surface area contributed by atoms with Crippen LogP contribution in [-0.2, 0) is 0 Å². The average Bonchev–Trinajstić information content (AvgIpc) is 2.96. The van der Waals surface area contributed by atoms with E-state index in [9.17, 15) is 4.39 Å². The first kappa shape index (κ1) is 12.1. The fraction of sp³-hybridized carbons (Fsp3) is 0.538. The summed E-state index contributed by atoms with van der Waals surface area (Å²) in [5, 5.41) is 3.49. The second-order valence-electron chi connectivity index (χ2n) is 4.59. The van der Waals surface area contributed by atoms with Gasteiger partial charge < -0.3 is 5.32 Å². The lowest BCUT2D eigenvalue weighted by Crippen LogP contribution is -2.23. The van der Waals surface area contributed by atoms with Crippen molar-refractivity contribution in [2.24, 2.45) is 11.8 Å². The van der Waals surface area contributed by atoms with Crippen LogP contribution in [0.4, 0.5) is 4.39 Å². The lowest BCUT2D eigenvalue weighted by Gasteiger charge is -2.18. The Morgan fingerprint density at radius 3 is 2.75 bits per heavy atom. The molecule has 3 heteroatoms. The minimum atomic E-state index is -0.192. The normalized spacial score (nSPS) is 25.5. The number of nitrogens with one attached hydrogen (secondary N) is 1. The van der Waals surface area contributed by atoms with Gasteiger partial charge in [0.2, 0.25) is 0 Å². The van der Waals surface area contributed by atoms with Crippen molar-refractivity contribution in [1.29, 1.82) is 0 Å². The molecule has 3 unspecified atom stereocenters. The van der Waals surface area contributed by atoms with E-state index in [1.165, 1.54) is 18.1 Å². The van der Waals surface area contributed by atoms with Gasteiger partial charge in [-0.15, -0.1) is 0 Å². The number of benzene rings is 1. The summed E-state index contributed by atoms with van der Waals surface area (Å²) in [5.41, 5.74) is 1.18. The zero-order chi connectivity index (χ0) is 11.7. The van der Waals surface area contributed by atoms with Gasteiger partial charge >= 0.3 is 0 Å². The second kappa shape index (κ2) is 4.84. The van der Waals surface area contributed by atoms with Crippen molar-refractivity contribution in [3.63, 3.8) is 0 Å². The van der Waals surface area contributed by atoms with Crippen LogP contribution in [0.2, 0.25) is 0 Å². The minimum absolute atomic E-state index is 0.192. The van der Waals surface area contributed by atoms with Gasteiger partial charge in [0.05, 0.1) is 4.47 Å². The molecule has 0 saturated heterocycles. The maximum absolute atomic E-state index is 13.2. The summed E-state index contributed by atoms with van der Waals surface area (Å²) in [5.74, 6) is 1.30. The van der Waals surface area contributed by atoms with E-state index in [0.717, 1.165) is 12.5 Å². The Morgan fingerprint density at radius 1 is 1.56 bits per heavy atom. The molecular weight excluding hydrogens is 269 g/mol. The van der Waals surface area contributed by atoms with E-state index >= 15 is 0 Å². The minimum Gasteiger partial charge on any atom is -0.310 e. The highest BCUT2D eigenvalue weighted by atomic mass is 79.9. The predicted octanol–water partition coefficient (Wildman–Crippen LogP) is 3.89. The SMILES string of the molecule is CCNC(c1ccc(F)c(Br)c1)C1CC1C. The molecule has 1 aliphatic rings. The van der Waals surface area contributed by atoms with Crippen molar-refractivity contribution in [2.75, 3.05) is 6.54 Å². The van der Waals surface area contributed by atoms with Crippen molar-refractivity contribution >= 4 is 15.9 Å². The van der Waals surface area contributed by atoms with Gasteiger partial charge in [-0.3, -0.25) is 0 Å². The molecule has 1 N–H and O–H groups in total. The zero-order valence-corrected chi connectivity index (χ0v) is 11.2. The van der Waals surface area contributed by atoms with Gasteiger partial charge in [-0.05, 0) is 58.4 Å². The summed E-state index contributed by atoms with van der Waals surface area (Å²) in [6.45, 7) is 5.33. The summed E-state index contributed by atoms with van der Waals surface area (Å²) in [6.07, 6.45) is 1.27. The highest BCUT2D eigenvalue weighted by Gasteiger charge is 2.39. The van der Waals surface area contributed by atoms with Gasteiger partial charge in [0, 0.05) is 6.04 Å². The van der Waals surface area contributed by atoms with Gasteiger partial charge in [-0.2, -0.15) is 0 Å². The number of halogens is 2. The number of hydrogen-bond donors (Lipinski definition) is 1. The third kappa shape index (κ3) is 2.46. The monoisotopic (exact) mass is 285 g/mol. The molecule has 1 aromatic carbocycles. The van der Waals surface area contributed by atoms with Crippen molar-refractivity contribution < 1.29 is 4.39 Å². The molecule has 1 aliphatic carbocycles. The predicted molar refractivity (Wildman–Crippen MR) is 67.8 cm³/mol. The molecular formula is C13H17BrFN. The Bertz CT molecular complexity index is 380. The topological polar surface area (TPSA) is 12.0 Å². The smallest absolute Gasteiger partial charge is 0.137 e. The number of hydrogen-bond acceptors (Lipinski definition) is 1. The van der Waals surface area contributed by atoms with Crippen LogP contribution in [0.3, 0.4) is 0 Å². The maximum atomic E-state index is 13.2.